The topological polar surface area (TPSA) is 21.3 Å². The summed E-state index contributed by atoms with van der Waals surface area (Å²) in [5.41, 5.74) is 2.66. The summed E-state index contributed by atoms with van der Waals surface area (Å²) in [6.45, 7) is 2.14. The maximum Gasteiger partial charge on any atom is 0.0872 e. The molecule has 0 saturated heterocycles. The van der Waals surface area contributed by atoms with Crippen molar-refractivity contribution in [1.82, 2.24) is 5.32 Å². The molecule has 1 aliphatic rings. The lowest BCUT2D eigenvalue weighted by atomic mass is 9.72. The van der Waals surface area contributed by atoms with Crippen molar-refractivity contribution in [3.05, 3.63) is 35.4 Å². The van der Waals surface area contributed by atoms with E-state index >= 15 is 0 Å². The predicted molar refractivity (Wildman–Crippen MR) is 66.6 cm³/mol. The summed E-state index contributed by atoms with van der Waals surface area (Å²) < 4.78 is 5.76. The van der Waals surface area contributed by atoms with E-state index in [9.17, 15) is 0 Å². The zero-order chi connectivity index (χ0) is 11.6. The summed E-state index contributed by atoms with van der Waals surface area (Å²) in [5.74, 6) is 0. The van der Waals surface area contributed by atoms with Crippen LogP contribution < -0.4 is 5.32 Å². The Morgan fingerprint density at radius 2 is 2.12 bits per heavy atom. The minimum absolute atomic E-state index is 0.0164. The van der Waals surface area contributed by atoms with Gasteiger partial charge in [-0.3, -0.25) is 0 Å². The lowest BCUT2D eigenvalue weighted by Gasteiger charge is -2.46. The largest absolute Gasteiger partial charge is 0.376 e. The Morgan fingerprint density at radius 3 is 2.56 bits per heavy atom. The van der Waals surface area contributed by atoms with Gasteiger partial charge in [0.2, 0.25) is 0 Å². The highest BCUT2D eigenvalue weighted by Gasteiger charge is 2.44. The maximum absolute atomic E-state index is 5.76. The summed E-state index contributed by atoms with van der Waals surface area (Å²) in [6, 6.07) is 9.01. The fraction of sp³-hybridized carbons (Fsp3) is 0.571. The van der Waals surface area contributed by atoms with Gasteiger partial charge < -0.3 is 10.1 Å². The monoisotopic (exact) mass is 219 g/mol. The van der Waals surface area contributed by atoms with Gasteiger partial charge in [0.15, 0.2) is 0 Å². The summed E-state index contributed by atoms with van der Waals surface area (Å²) in [7, 11) is 3.85. The number of nitrogens with one attached hydrogen (secondary N) is 1. The zero-order valence-corrected chi connectivity index (χ0v) is 10.4. The van der Waals surface area contributed by atoms with E-state index in [2.05, 4.69) is 36.5 Å². The molecule has 0 amide bonds. The molecule has 1 unspecified atom stereocenters. The van der Waals surface area contributed by atoms with E-state index in [-0.39, 0.29) is 5.60 Å². The van der Waals surface area contributed by atoms with Crippen molar-refractivity contribution in [2.45, 2.75) is 37.8 Å². The van der Waals surface area contributed by atoms with Crippen LogP contribution in [0.5, 0.6) is 0 Å². The van der Waals surface area contributed by atoms with Gasteiger partial charge >= 0.3 is 0 Å². The Hall–Kier alpha value is -0.860. The van der Waals surface area contributed by atoms with E-state index < -0.39 is 0 Å². The fourth-order valence-electron chi connectivity index (χ4n) is 2.72. The van der Waals surface area contributed by atoms with E-state index in [0.717, 1.165) is 12.8 Å². The molecule has 0 bridgehead atoms. The summed E-state index contributed by atoms with van der Waals surface area (Å²) in [4.78, 5) is 0. The molecular formula is C14H21NO. The van der Waals surface area contributed by atoms with Crippen molar-refractivity contribution in [3.8, 4) is 0 Å². The number of aryl methyl sites for hydroxylation is 1. The van der Waals surface area contributed by atoms with E-state index in [1.54, 1.807) is 0 Å². The van der Waals surface area contributed by atoms with Gasteiger partial charge in [-0.25, -0.2) is 0 Å². The van der Waals surface area contributed by atoms with Crippen molar-refractivity contribution in [2.75, 3.05) is 14.2 Å². The SMILES string of the molecule is CNC(c1cccc(C)c1)C1(OC)CCC1. The van der Waals surface area contributed by atoms with Gasteiger partial charge in [-0.15, -0.1) is 0 Å². The van der Waals surface area contributed by atoms with Gasteiger partial charge in [-0.2, -0.15) is 0 Å². The van der Waals surface area contributed by atoms with Gasteiger partial charge in [0, 0.05) is 7.11 Å². The third-order valence-corrected chi connectivity index (χ3v) is 3.80. The third kappa shape index (κ3) is 1.87. The number of hydrogen-bond donors (Lipinski definition) is 1. The normalized spacial score (nSPS) is 20.2. The van der Waals surface area contributed by atoms with E-state index in [1.165, 1.54) is 17.5 Å². The molecule has 0 heterocycles. The molecule has 2 nitrogen and oxygen atoms in total. The second-order valence-corrected chi connectivity index (χ2v) is 4.76. The van der Waals surface area contributed by atoms with E-state index in [4.69, 9.17) is 4.74 Å². The average Bonchev–Trinajstić information content (AvgIpc) is 2.23. The molecule has 0 spiro atoms. The van der Waals surface area contributed by atoms with Crippen LogP contribution in [0.4, 0.5) is 0 Å². The molecule has 0 radical (unpaired) electrons. The summed E-state index contributed by atoms with van der Waals surface area (Å²) in [5, 5.41) is 3.41. The molecule has 16 heavy (non-hydrogen) atoms. The first kappa shape index (κ1) is 11.6. The van der Waals surface area contributed by atoms with Crippen molar-refractivity contribution < 1.29 is 4.74 Å². The lowest BCUT2D eigenvalue weighted by molar-refractivity contribution is -0.0983. The third-order valence-electron chi connectivity index (χ3n) is 3.80. The molecule has 1 fully saturated rings. The Bertz CT molecular complexity index is 352. The molecular weight excluding hydrogens is 198 g/mol. The molecule has 1 aromatic rings. The van der Waals surface area contributed by atoms with Crippen molar-refractivity contribution in [1.29, 1.82) is 0 Å². The first-order valence-electron chi connectivity index (χ1n) is 6.01. The molecule has 0 aliphatic heterocycles. The Morgan fingerprint density at radius 1 is 1.38 bits per heavy atom. The Balaban J connectivity index is 2.28. The van der Waals surface area contributed by atoms with Crippen LogP contribution in [0.1, 0.15) is 36.4 Å². The van der Waals surface area contributed by atoms with Crippen molar-refractivity contribution in [2.24, 2.45) is 0 Å². The minimum Gasteiger partial charge on any atom is -0.376 e. The van der Waals surface area contributed by atoms with Crippen LogP contribution in [-0.2, 0) is 4.74 Å². The number of hydrogen-bond acceptors (Lipinski definition) is 2. The number of ether oxygens (including phenoxy) is 1. The molecule has 2 heteroatoms. The molecule has 1 atom stereocenters. The molecule has 1 saturated carbocycles. The second kappa shape index (κ2) is 4.56. The molecule has 88 valence electrons. The first-order valence-corrected chi connectivity index (χ1v) is 6.01. The minimum atomic E-state index is 0.0164. The van der Waals surface area contributed by atoms with Crippen molar-refractivity contribution >= 4 is 0 Å². The van der Waals surface area contributed by atoms with Gasteiger partial charge in [0.25, 0.3) is 0 Å². The van der Waals surface area contributed by atoms with Gasteiger partial charge in [-0.05, 0) is 38.8 Å². The molecule has 0 aromatic heterocycles. The highest BCUT2D eigenvalue weighted by Crippen LogP contribution is 2.44. The van der Waals surface area contributed by atoms with E-state index in [0.29, 0.717) is 6.04 Å². The first-order chi connectivity index (χ1) is 7.72. The highest BCUT2D eigenvalue weighted by molar-refractivity contribution is 5.28. The van der Waals surface area contributed by atoms with Crippen LogP contribution in [0.3, 0.4) is 0 Å². The smallest absolute Gasteiger partial charge is 0.0872 e. The van der Waals surface area contributed by atoms with E-state index in [1.807, 2.05) is 14.2 Å². The fourth-order valence-corrected chi connectivity index (χ4v) is 2.72. The highest BCUT2D eigenvalue weighted by atomic mass is 16.5. The standard InChI is InChI=1S/C14H21NO/c1-11-6-4-7-12(10-11)13(15-2)14(16-3)8-5-9-14/h4,6-7,10,13,15H,5,8-9H2,1-3H3. The summed E-state index contributed by atoms with van der Waals surface area (Å²) >= 11 is 0. The Labute approximate surface area is 98.0 Å². The van der Waals surface area contributed by atoms with Crippen LogP contribution in [0.25, 0.3) is 0 Å². The molecule has 1 aromatic carbocycles. The number of methoxy groups -OCH3 is 1. The number of benzene rings is 1. The van der Waals surface area contributed by atoms with Crippen molar-refractivity contribution in [3.63, 3.8) is 0 Å². The van der Waals surface area contributed by atoms with Crippen LogP contribution in [0, 0.1) is 6.92 Å². The molecule has 1 N–H and O–H groups in total. The van der Waals surface area contributed by atoms with Crippen LogP contribution in [0.15, 0.2) is 24.3 Å². The molecule has 1 aliphatic carbocycles. The lowest BCUT2D eigenvalue weighted by Crippen LogP contribution is -2.49. The predicted octanol–water partition coefficient (Wildman–Crippen LogP) is 2.82. The maximum atomic E-state index is 5.76. The summed E-state index contributed by atoms with van der Waals surface area (Å²) in [6.07, 6.45) is 3.59. The zero-order valence-electron chi connectivity index (χ0n) is 10.4. The van der Waals surface area contributed by atoms with Gasteiger partial charge in [0.05, 0.1) is 11.6 Å². The quantitative estimate of drug-likeness (QED) is 0.840. The van der Waals surface area contributed by atoms with Gasteiger partial charge in [0.1, 0.15) is 0 Å². The van der Waals surface area contributed by atoms with Crippen LogP contribution in [-0.4, -0.2) is 19.8 Å². The molecule has 2 rings (SSSR count). The van der Waals surface area contributed by atoms with Gasteiger partial charge in [-0.1, -0.05) is 29.8 Å². The second-order valence-electron chi connectivity index (χ2n) is 4.76. The number of rotatable bonds is 4. The van der Waals surface area contributed by atoms with Crippen LogP contribution >= 0.6 is 0 Å². The average molecular weight is 219 g/mol. The number of likely N-dealkylation sites (N-methyl/N-ethyl adjacent to an activating group) is 1. The van der Waals surface area contributed by atoms with Crippen LogP contribution in [0.2, 0.25) is 0 Å². The Kier molecular flexibility index (Phi) is 3.31.